The highest BCUT2D eigenvalue weighted by molar-refractivity contribution is 8.22. The van der Waals surface area contributed by atoms with E-state index in [1.807, 2.05) is 6.07 Å². The molecule has 1 fully saturated rings. The van der Waals surface area contributed by atoms with E-state index in [4.69, 9.17) is 4.74 Å². The number of fused-ring (bicyclic) bond motifs is 3. The van der Waals surface area contributed by atoms with Crippen molar-refractivity contribution in [2.75, 3.05) is 16.2 Å². The molecule has 8 nitrogen and oxygen atoms in total. The number of sulfonamides is 1. The van der Waals surface area contributed by atoms with Crippen LogP contribution in [0.3, 0.4) is 0 Å². The average molecular weight is 474 g/mol. The number of rotatable bonds is 5. The molecule has 0 bridgehead atoms. The van der Waals surface area contributed by atoms with Crippen LogP contribution in [0.1, 0.15) is 12.8 Å². The van der Waals surface area contributed by atoms with Gasteiger partial charge < -0.3 is 9.64 Å². The van der Waals surface area contributed by atoms with E-state index < -0.39 is 20.8 Å². The molecule has 3 aromatic carbocycles. The Morgan fingerprint density at radius 1 is 1.00 bits per heavy atom. The third-order valence-electron chi connectivity index (χ3n) is 5.48. The molecule has 2 aliphatic heterocycles. The molecule has 0 saturated carbocycles. The number of hydrogen-bond acceptors (Lipinski definition) is 7. The van der Waals surface area contributed by atoms with E-state index >= 15 is 0 Å². The van der Waals surface area contributed by atoms with Crippen molar-refractivity contribution in [1.29, 1.82) is 0 Å². The van der Waals surface area contributed by atoms with Crippen molar-refractivity contribution in [3.05, 3.63) is 72.8 Å². The average Bonchev–Trinajstić information content (AvgIpc) is 3.22. The Morgan fingerprint density at radius 3 is 2.59 bits per heavy atom. The molecule has 0 radical (unpaired) electrons. The van der Waals surface area contributed by atoms with Gasteiger partial charge in [0.15, 0.2) is 0 Å². The number of anilines is 2. The number of hydrogen-bond donors (Lipinski definition) is 4. The SMILES string of the molecule is O=S(=O)(Nc1cccc(Oc2ccc3c(c2)S(O)(O)NC2CCCN32)c1)c1ccccc1. The van der Waals surface area contributed by atoms with Gasteiger partial charge in [-0.3, -0.25) is 13.8 Å². The second kappa shape index (κ2) is 7.98. The van der Waals surface area contributed by atoms with Crippen molar-refractivity contribution in [3.8, 4) is 11.5 Å². The fourth-order valence-corrected chi connectivity index (χ4v) is 6.61. The van der Waals surface area contributed by atoms with Crippen molar-refractivity contribution < 1.29 is 22.3 Å². The van der Waals surface area contributed by atoms with Crippen molar-refractivity contribution >= 4 is 32.2 Å². The molecule has 1 unspecified atom stereocenters. The van der Waals surface area contributed by atoms with Gasteiger partial charge in [-0.15, -0.1) is 10.8 Å². The van der Waals surface area contributed by atoms with Crippen molar-refractivity contribution in [1.82, 2.24) is 4.72 Å². The normalized spacial score (nSPS) is 20.2. The molecule has 10 heteroatoms. The molecule has 1 saturated heterocycles. The molecule has 0 aliphatic carbocycles. The number of nitrogens with zero attached hydrogens (tertiary/aromatic N) is 1. The first kappa shape index (κ1) is 21.1. The Labute approximate surface area is 188 Å². The molecule has 4 N–H and O–H groups in total. The van der Waals surface area contributed by atoms with Gasteiger partial charge in [0.2, 0.25) is 0 Å². The van der Waals surface area contributed by atoms with Crippen LogP contribution in [0.25, 0.3) is 0 Å². The lowest BCUT2D eigenvalue weighted by Crippen LogP contribution is -2.46. The molecule has 0 amide bonds. The van der Waals surface area contributed by atoms with Crippen LogP contribution >= 0.6 is 10.8 Å². The lowest BCUT2D eigenvalue weighted by molar-refractivity contribution is 0.440. The summed E-state index contributed by atoms with van der Waals surface area (Å²) in [4.78, 5) is 2.70. The van der Waals surface area contributed by atoms with Crippen LogP contribution in [0.2, 0.25) is 0 Å². The Hall–Kier alpha value is -2.76. The van der Waals surface area contributed by atoms with Crippen LogP contribution in [0.15, 0.2) is 82.6 Å². The third kappa shape index (κ3) is 4.03. The maximum atomic E-state index is 12.6. The summed E-state index contributed by atoms with van der Waals surface area (Å²) in [6.45, 7) is 0.851. The van der Waals surface area contributed by atoms with Gasteiger partial charge in [0, 0.05) is 18.7 Å². The maximum Gasteiger partial charge on any atom is 0.261 e. The fourth-order valence-electron chi connectivity index (χ4n) is 4.03. The first-order chi connectivity index (χ1) is 15.3. The zero-order valence-electron chi connectivity index (χ0n) is 17.0. The zero-order valence-corrected chi connectivity index (χ0v) is 18.6. The smallest absolute Gasteiger partial charge is 0.261 e. The van der Waals surface area contributed by atoms with Crippen molar-refractivity contribution in [2.45, 2.75) is 28.8 Å². The van der Waals surface area contributed by atoms with Gasteiger partial charge in [-0.2, -0.15) is 4.72 Å². The molecule has 0 aromatic heterocycles. The van der Waals surface area contributed by atoms with Crippen LogP contribution in [0.4, 0.5) is 11.4 Å². The van der Waals surface area contributed by atoms with Crippen LogP contribution in [-0.4, -0.2) is 30.2 Å². The largest absolute Gasteiger partial charge is 0.457 e. The summed E-state index contributed by atoms with van der Waals surface area (Å²) in [6, 6.07) is 19.9. The van der Waals surface area contributed by atoms with E-state index in [9.17, 15) is 17.5 Å². The summed E-state index contributed by atoms with van der Waals surface area (Å²) in [5.41, 5.74) is 1.15. The lowest BCUT2D eigenvalue weighted by atomic mass is 10.2. The Balaban J connectivity index is 1.39. The first-order valence-electron chi connectivity index (χ1n) is 10.1. The standard InChI is InChI=1S/C22H23N3O5S2/c26-31(27,19-8-2-1-3-9-19)23-16-6-4-7-17(14-16)30-18-11-12-20-21(15-18)32(28,29)24-22-10-5-13-25(20)22/h1-4,6-9,11-12,14-15,22-24,28-29H,5,10,13H2. The topological polar surface area (TPSA) is 111 Å². The number of nitrogens with one attached hydrogen (secondary N) is 2. The summed E-state index contributed by atoms with van der Waals surface area (Å²) in [6.07, 6.45) is 1.77. The molecule has 1 atom stereocenters. The summed E-state index contributed by atoms with van der Waals surface area (Å²) < 4.78 is 57.8. The fraction of sp³-hybridized carbons (Fsp3) is 0.182. The van der Waals surface area contributed by atoms with Gasteiger partial charge >= 0.3 is 0 Å². The highest BCUT2D eigenvalue weighted by atomic mass is 32.3. The van der Waals surface area contributed by atoms with Crippen LogP contribution < -0.4 is 19.1 Å². The minimum Gasteiger partial charge on any atom is -0.457 e. The van der Waals surface area contributed by atoms with Gasteiger partial charge in [-0.05, 0) is 49.2 Å². The second-order valence-corrected chi connectivity index (χ2v) is 11.2. The molecular formula is C22H23N3O5S2. The van der Waals surface area contributed by atoms with Gasteiger partial charge in [0.1, 0.15) is 16.4 Å². The highest BCUT2D eigenvalue weighted by Crippen LogP contribution is 2.55. The molecule has 2 aliphatic rings. The van der Waals surface area contributed by atoms with Crippen molar-refractivity contribution in [3.63, 3.8) is 0 Å². The molecule has 168 valence electrons. The van der Waals surface area contributed by atoms with E-state index in [0.29, 0.717) is 22.1 Å². The summed E-state index contributed by atoms with van der Waals surface area (Å²) in [7, 11) is -6.86. The first-order valence-corrected chi connectivity index (χ1v) is 13.2. The van der Waals surface area contributed by atoms with E-state index in [1.165, 1.54) is 12.1 Å². The molecule has 3 aromatic rings. The van der Waals surface area contributed by atoms with Gasteiger partial charge in [-0.1, -0.05) is 24.3 Å². The van der Waals surface area contributed by atoms with Crippen LogP contribution in [0.5, 0.6) is 11.5 Å². The third-order valence-corrected chi connectivity index (χ3v) is 8.41. The van der Waals surface area contributed by atoms with E-state index in [2.05, 4.69) is 14.3 Å². The minimum absolute atomic E-state index is 0.0754. The maximum absolute atomic E-state index is 12.6. The lowest BCUT2D eigenvalue weighted by Gasteiger charge is -2.46. The van der Waals surface area contributed by atoms with Crippen molar-refractivity contribution in [2.24, 2.45) is 0 Å². The molecular weight excluding hydrogens is 450 g/mol. The second-order valence-electron chi connectivity index (χ2n) is 7.70. The quantitative estimate of drug-likeness (QED) is 0.420. The van der Waals surface area contributed by atoms with Gasteiger partial charge in [0.25, 0.3) is 10.0 Å². The summed E-state index contributed by atoms with van der Waals surface area (Å²) in [5, 5.41) is 0. The van der Waals surface area contributed by atoms with E-state index in [0.717, 1.165) is 25.1 Å². The number of ether oxygens (including phenoxy) is 1. The number of benzene rings is 3. The summed E-state index contributed by atoms with van der Waals surface area (Å²) >= 11 is 0. The predicted octanol–water partition coefficient (Wildman–Crippen LogP) is 4.83. The van der Waals surface area contributed by atoms with Crippen LogP contribution in [0, 0.1) is 0 Å². The monoisotopic (exact) mass is 473 g/mol. The molecule has 32 heavy (non-hydrogen) atoms. The van der Waals surface area contributed by atoms with Gasteiger partial charge in [0.05, 0.1) is 22.4 Å². The van der Waals surface area contributed by atoms with E-state index in [1.54, 1.807) is 54.6 Å². The predicted molar refractivity (Wildman–Crippen MR) is 125 cm³/mol. The highest BCUT2D eigenvalue weighted by Gasteiger charge is 2.38. The molecule has 0 spiro atoms. The summed E-state index contributed by atoms with van der Waals surface area (Å²) in [5.74, 6) is 0.837. The van der Waals surface area contributed by atoms with E-state index in [-0.39, 0.29) is 11.1 Å². The molecule has 2 heterocycles. The molecule has 5 rings (SSSR count). The Morgan fingerprint density at radius 2 is 1.78 bits per heavy atom. The zero-order chi connectivity index (χ0) is 22.3. The Bertz CT molecular complexity index is 1250. The van der Waals surface area contributed by atoms with Gasteiger partial charge in [-0.25, -0.2) is 8.42 Å². The van der Waals surface area contributed by atoms with Crippen LogP contribution in [-0.2, 0) is 10.0 Å². The minimum atomic E-state index is -3.72. The Kier molecular flexibility index (Phi) is 5.26.